The summed E-state index contributed by atoms with van der Waals surface area (Å²) in [6.45, 7) is 14.5. The third-order valence-electron chi connectivity index (χ3n) is 6.85. The predicted octanol–water partition coefficient (Wildman–Crippen LogP) is 8.56. The maximum absolute atomic E-state index is 5.78. The normalized spacial score (nSPS) is 13.2. The molecule has 0 saturated heterocycles. The van der Waals surface area contributed by atoms with Gasteiger partial charge in [0.2, 0.25) is 0 Å². The second-order valence-electron chi connectivity index (χ2n) is 9.74. The second kappa shape index (κ2) is 16.9. The molecule has 6 heteroatoms. The van der Waals surface area contributed by atoms with Crippen molar-refractivity contribution in [3.8, 4) is 0 Å². The van der Waals surface area contributed by atoms with Crippen LogP contribution in [0, 0.1) is 0 Å². The molecule has 0 fully saturated rings. The smallest absolute Gasteiger partial charge is 0.155 e. The summed E-state index contributed by atoms with van der Waals surface area (Å²) in [5.41, 5.74) is 6.51. The average molecular weight is 547 g/mol. The highest BCUT2D eigenvalue weighted by Gasteiger charge is 2.11. The molecular weight excluding hydrogens is 500 g/mol. The van der Waals surface area contributed by atoms with Crippen LogP contribution >= 0.6 is 0 Å². The average Bonchev–Trinajstić information content (AvgIpc) is 2.98. The van der Waals surface area contributed by atoms with Crippen molar-refractivity contribution in [2.24, 2.45) is 5.10 Å². The van der Waals surface area contributed by atoms with Crippen LogP contribution in [-0.4, -0.2) is 32.0 Å². The van der Waals surface area contributed by atoms with E-state index in [9.17, 15) is 0 Å². The van der Waals surface area contributed by atoms with Gasteiger partial charge in [-0.15, -0.1) is 0 Å². The Balaban J connectivity index is 1.80. The van der Waals surface area contributed by atoms with Crippen molar-refractivity contribution in [1.29, 1.82) is 0 Å². The molecule has 0 spiro atoms. The minimum absolute atomic E-state index is 0.235. The van der Waals surface area contributed by atoms with Crippen LogP contribution in [0.25, 0.3) is 0 Å². The van der Waals surface area contributed by atoms with Crippen LogP contribution in [0.3, 0.4) is 0 Å². The highest BCUT2D eigenvalue weighted by Crippen LogP contribution is 2.28. The van der Waals surface area contributed by atoms with Gasteiger partial charge in [-0.05, 0) is 93.0 Å². The summed E-state index contributed by atoms with van der Waals surface area (Å²) in [6.07, 6.45) is 3.74. The molecule has 2 atom stereocenters. The maximum Gasteiger partial charge on any atom is 0.155 e. The van der Waals surface area contributed by atoms with E-state index in [-0.39, 0.29) is 12.6 Å². The second-order valence-corrected chi connectivity index (χ2v) is 9.74. The Kier molecular flexibility index (Phi) is 13.3. The van der Waals surface area contributed by atoms with Gasteiger partial charge >= 0.3 is 0 Å². The lowest BCUT2D eigenvalue weighted by atomic mass is 9.93. The van der Waals surface area contributed by atoms with Crippen molar-refractivity contribution in [2.75, 3.05) is 18.2 Å². The summed E-state index contributed by atoms with van der Waals surface area (Å²) in [5.74, 6) is 0.598. The molecule has 3 rings (SSSR count). The van der Waals surface area contributed by atoms with Gasteiger partial charge in [0.15, 0.2) is 12.6 Å². The first kappa shape index (κ1) is 31.5. The minimum Gasteiger partial charge on any atom is -0.353 e. The molecule has 216 valence electrons. The van der Waals surface area contributed by atoms with Gasteiger partial charge < -0.3 is 18.9 Å². The van der Waals surface area contributed by atoms with Gasteiger partial charge in [0.05, 0.1) is 30.8 Å². The van der Waals surface area contributed by atoms with Crippen molar-refractivity contribution in [1.82, 2.24) is 0 Å². The lowest BCUT2D eigenvalue weighted by Crippen LogP contribution is -2.13. The number of nitrogens with zero attached hydrogens (tertiary/aromatic N) is 2. The molecule has 0 N–H and O–H groups in total. The van der Waals surface area contributed by atoms with E-state index < -0.39 is 0 Å². The van der Waals surface area contributed by atoms with Crippen LogP contribution in [0.2, 0.25) is 0 Å². The minimum atomic E-state index is -0.235. The van der Waals surface area contributed by atoms with Crippen molar-refractivity contribution in [3.05, 3.63) is 95.1 Å². The Morgan fingerprint density at radius 2 is 1.07 bits per heavy atom. The summed E-state index contributed by atoms with van der Waals surface area (Å²) >= 11 is 0. The number of hydrogen-bond donors (Lipinski definition) is 0. The Bertz CT molecular complexity index is 1070. The van der Waals surface area contributed by atoms with E-state index in [1.54, 1.807) is 0 Å². The van der Waals surface area contributed by atoms with Crippen LogP contribution in [-0.2, 0) is 32.2 Å². The zero-order valence-corrected chi connectivity index (χ0v) is 25.0. The number of rotatable bonds is 17. The predicted molar refractivity (Wildman–Crippen MR) is 164 cm³/mol. The fourth-order valence-corrected chi connectivity index (χ4v) is 4.48. The summed E-state index contributed by atoms with van der Waals surface area (Å²) < 4.78 is 22.5. The van der Waals surface area contributed by atoms with E-state index >= 15 is 0 Å². The number of hydrogen-bond acceptors (Lipinski definition) is 6. The summed E-state index contributed by atoms with van der Waals surface area (Å²) in [7, 11) is 0. The molecule has 2 unspecified atom stereocenters. The molecule has 3 aromatic carbocycles. The van der Waals surface area contributed by atoms with Gasteiger partial charge in [-0.1, -0.05) is 62.4 Å². The third-order valence-corrected chi connectivity index (χ3v) is 6.85. The van der Waals surface area contributed by atoms with Gasteiger partial charge in [0.25, 0.3) is 0 Å². The number of anilines is 2. The van der Waals surface area contributed by atoms with Gasteiger partial charge in [-0.3, -0.25) is 0 Å². The Morgan fingerprint density at radius 1 is 0.625 bits per heavy atom. The van der Waals surface area contributed by atoms with Crippen LogP contribution in [0.5, 0.6) is 0 Å². The third kappa shape index (κ3) is 9.86. The zero-order chi connectivity index (χ0) is 28.7. The van der Waals surface area contributed by atoms with Crippen LogP contribution < -0.4 is 5.01 Å². The molecule has 0 aliphatic carbocycles. The lowest BCUT2D eigenvalue weighted by Gasteiger charge is -2.21. The van der Waals surface area contributed by atoms with Crippen LogP contribution in [0.1, 0.15) is 82.6 Å². The topological polar surface area (TPSA) is 52.5 Å². The quantitative estimate of drug-likeness (QED) is 0.0964. The van der Waals surface area contributed by atoms with Gasteiger partial charge in [-0.2, -0.15) is 5.10 Å². The summed E-state index contributed by atoms with van der Waals surface area (Å²) in [4.78, 5) is 0. The van der Waals surface area contributed by atoms with E-state index in [1.165, 1.54) is 5.56 Å². The van der Waals surface area contributed by atoms with Crippen molar-refractivity contribution in [2.45, 2.75) is 86.1 Å². The SMILES string of the molecule is CCOC(C)OCc1ccc(N(N=Cc2ccc(C(CC)CC)cc2)c2ccc(COC(C)OCC)cc2)cc1. The maximum atomic E-state index is 5.78. The molecule has 3 aromatic rings. The molecule has 0 radical (unpaired) electrons. The number of hydrazone groups is 1. The lowest BCUT2D eigenvalue weighted by molar-refractivity contribution is -0.134. The van der Waals surface area contributed by atoms with Crippen LogP contribution in [0.4, 0.5) is 11.4 Å². The van der Waals surface area contributed by atoms with E-state index in [0.29, 0.717) is 32.3 Å². The van der Waals surface area contributed by atoms with Gasteiger partial charge in [0.1, 0.15) is 0 Å². The van der Waals surface area contributed by atoms with E-state index in [4.69, 9.17) is 24.0 Å². The first-order chi connectivity index (χ1) is 19.5. The largest absolute Gasteiger partial charge is 0.353 e. The molecule has 0 aliphatic heterocycles. The molecule has 0 bridgehead atoms. The molecule has 0 heterocycles. The highest BCUT2D eigenvalue weighted by atomic mass is 16.7. The number of ether oxygens (including phenoxy) is 4. The van der Waals surface area contributed by atoms with E-state index in [1.807, 2.05) is 38.9 Å². The number of benzene rings is 3. The van der Waals surface area contributed by atoms with E-state index in [0.717, 1.165) is 40.9 Å². The molecule has 6 nitrogen and oxygen atoms in total. The van der Waals surface area contributed by atoms with Crippen molar-refractivity contribution >= 4 is 17.6 Å². The first-order valence-corrected chi connectivity index (χ1v) is 14.6. The Labute approximate surface area is 240 Å². The highest BCUT2D eigenvalue weighted by molar-refractivity contribution is 5.81. The molecule has 0 amide bonds. The summed E-state index contributed by atoms with van der Waals surface area (Å²) in [6, 6.07) is 25.3. The van der Waals surface area contributed by atoms with E-state index in [2.05, 4.69) is 86.6 Å². The molecule has 0 aromatic heterocycles. The van der Waals surface area contributed by atoms with Gasteiger partial charge in [-0.25, -0.2) is 5.01 Å². The first-order valence-electron chi connectivity index (χ1n) is 14.6. The Hall–Kier alpha value is -3.03. The monoisotopic (exact) mass is 546 g/mol. The fraction of sp³-hybridized carbons (Fsp3) is 0.441. The fourth-order valence-electron chi connectivity index (χ4n) is 4.48. The molecule has 40 heavy (non-hydrogen) atoms. The molecule has 0 saturated carbocycles. The Morgan fingerprint density at radius 3 is 1.48 bits per heavy atom. The van der Waals surface area contributed by atoms with Gasteiger partial charge in [0, 0.05) is 13.2 Å². The standard InChI is InChI=1S/C34H46N2O4/c1-7-31(8-2)32-17-11-28(12-18-32)23-35-36(33-19-13-29(14-20-33)24-39-26(5)37-9-3)34-21-15-30(16-22-34)25-40-27(6)38-10-4/h11-23,26-27,31H,7-10,24-25H2,1-6H3. The van der Waals surface area contributed by atoms with Crippen LogP contribution in [0.15, 0.2) is 77.9 Å². The zero-order valence-electron chi connectivity index (χ0n) is 25.0. The summed E-state index contributed by atoms with van der Waals surface area (Å²) in [5, 5.41) is 6.87. The van der Waals surface area contributed by atoms with Crippen molar-refractivity contribution in [3.63, 3.8) is 0 Å². The molecular formula is C34H46N2O4. The molecule has 0 aliphatic rings. The van der Waals surface area contributed by atoms with Crippen molar-refractivity contribution < 1.29 is 18.9 Å².